The Labute approximate surface area is 64.8 Å². The number of allylic oxidation sites excluding steroid dienone is 1. The van der Waals surface area contributed by atoms with E-state index >= 15 is 0 Å². The van der Waals surface area contributed by atoms with Crippen molar-refractivity contribution in [2.45, 2.75) is 6.92 Å². The predicted molar refractivity (Wildman–Crippen MR) is 41.3 cm³/mol. The first kappa shape index (κ1) is 7.60. The van der Waals surface area contributed by atoms with Crippen LogP contribution in [0.25, 0.3) is 0 Å². The van der Waals surface area contributed by atoms with E-state index in [1.807, 2.05) is 0 Å². The van der Waals surface area contributed by atoms with Crippen molar-refractivity contribution in [2.24, 2.45) is 0 Å². The Morgan fingerprint density at radius 2 is 2.45 bits per heavy atom. The highest BCUT2D eigenvalue weighted by Crippen LogP contribution is 2.02. The SMILES string of the molecule is C=CC(=O)c1cncnc1C. The Balaban J connectivity index is 3.13. The minimum absolute atomic E-state index is 0.136. The summed E-state index contributed by atoms with van der Waals surface area (Å²) in [5, 5.41) is 0. The number of hydrogen-bond donors (Lipinski definition) is 0. The zero-order valence-corrected chi connectivity index (χ0v) is 6.24. The Morgan fingerprint density at radius 1 is 1.73 bits per heavy atom. The Bertz CT molecular complexity index is 294. The van der Waals surface area contributed by atoms with Crippen LogP contribution in [0.15, 0.2) is 25.2 Å². The molecule has 0 N–H and O–H groups in total. The molecule has 0 aromatic carbocycles. The van der Waals surface area contributed by atoms with Crippen LogP contribution in [0.2, 0.25) is 0 Å². The zero-order valence-electron chi connectivity index (χ0n) is 6.24. The molecule has 0 saturated heterocycles. The van der Waals surface area contributed by atoms with Crippen molar-refractivity contribution in [3.63, 3.8) is 0 Å². The van der Waals surface area contributed by atoms with Crippen LogP contribution in [0.1, 0.15) is 16.1 Å². The molecule has 0 bridgehead atoms. The van der Waals surface area contributed by atoms with E-state index in [2.05, 4.69) is 16.5 Å². The second-order valence-electron chi connectivity index (χ2n) is 2.09. The van der Waals surface area contributed by atoms with Crippen LogP contribution >= 0.6 is 0 Å². The lowest BCUT2D eigenvalue weighted by Gasteiger charge is -1.96. The molecule has 3 nitrogen and oxygen atoms in total. The molecule has 0 amide bonds. The summed E-state index contributed by atoms with van der Waals surface area (Å²) in [4.78, 5) is 18.6. The van der Waals surface area contributed by atoms with Crippen molar-refractivity contribution < 1.29 is 4.79 Å². The van der Waals surface area contributed by atoms with Gasteiger partial charge in [-0.15, -0.1) is 0 Å². The number of nitrogens with zero attached hydrogens (tertiary/aromatic N) is 2. The molecule has 0 aliphatic heterocycles. The van der Waals surface area contributed by atoms with Crippen LogP contribution in [0, 0.1) is 6.92 Å². The normalized spacial score (nSPS) is 9.18. The zero-order chi connectivity index (χ0) is 8.27. The van der Waals surface area contributed by atoms with E-state index in [-0.39, 0.29) is 5.78 Å². The van der Waals surface area contributed by atoms with Gasteiger partial charge in [0.2, 0.25) is 0 Å². The molecule has 1 aromatic rings. The van der Waals surface area contributed by atoms with E-state index < -0.39 is 0 Å². The molecule has 0 atom stereocenters. The first-order valence-corrected chi connectivity index (χ1v) is 3.19. The van der Waals surface area contributed by atoms with Gasteiger partial charge in [-0.1, -0.05) is 6.58 Å². The van der Waals surface area contributed by atoms with Crippen LogP contribution in [-0.2, 0) is 0 Å². The third kappa shape index (κ3) is 1.49. The van der Waals surface area contributed by atoms with Gasteiger partial charge in [-0.25, -0.2) is 9.97 Å². The molecular weight excluding hydrogens is 140 g/mol. The van der Waals surface area contributed by atoms with Gasteiger partial charge < -0.3 is 0 Å². The van der Waals surface area contributed by atoms with Gasteiger partial charge in [-0.05, 0) is 13.0 Å². The molecule has 1 heterocycles. The third-order valence-electron chi connectivity index (χ3n) is 1.36. The average Bonchev–Trinajstić information content (AvgIpc) is 2.04. The molecule has 0 fully saturated rings. The lowest BCUT2D eigenvalue weighted by atomic mass is 10.1. The van der Waals surface area contributed by atoms with E-state index in [0.717, 1.165) is 0 Å². The standard InChI is InChI=1S/C8H8N2O/c1-3-8(11)7-4-9-5-10-6(7)2/h3-5H,1H2,2H3. The average molecular weight is 148 g/mol. The van der Waals surface area contributed by atoms with E-state index in [0.29, 0.717) is 11.3 Å². The smallest absolute Gasteiger partial charge is 0.188 e. The molecule has 0 saturated carbocycles. The van der Waals surface area contributed by atoms with Gasteiger partial charge in [0.15, 0.2) is 5.78 Å². The molecule has 0 radical (unpaired) electrons. The second-order valence-corrected chi connectivity index (χ2v) is 2.09. The maximum atomic E-state index is 11.0. The van der Waals surface area contributed by atoms with Crippen LogP contribution < -0.4 is 0 Å². The monoisotopic (exact) mass is 148 g/mol. The maximum Gasteiger partial charge on any atom is 0.188 e. The number of hydrogen-bond acceptors (Lipinski definition) is 3. The summed E-state index contributed by atoms with van der Waals surface area (Å²) < 4.78 is 0. The fraction of sp³-hybridized carbons (Fsp3) is 0.125. The summed E-state index contributed by atoms with van der Waals surface area (Å²) >= 11 is 0. The summed E-state index contributed by atoms with van der Waals surface area (Å²) in [5.41, 5.74) is 1.20. The van der Waals surface area contributed by atoms with Gasteiger partial charge in [-0.2, -0.15) is 0 Å². The van der Waals surface area contributed by atoms with Crippen LogP contribution in [0.5, 0.6) is 0 Å². The number of carbonyl (C=O) groups is 1. The van der Waals surface area contributed by atoms with Crippen LogP contribution in [0.3, 0.4) is 0 Å². The number of carbonyl (C=O) groups excluding carboxylic acids is 1. The largest absolute Gasteiger partial charge is 0.289 e. The summed E-state index contributed by atoms with van der Waals surface area (Å²) in [5.74, 6) is -0.136. The fourth-order valence-corrected chi connectivity index (χ4v) is 0.743. The molecular formula is C8H8N2O. The number of aryl methyl sites for hydroxylation is 1. The Hall–Kier alpha value is -1.51. The summed E-state index contributed by atoms with van der Waals surface area (Å²) in [7, 11) is 0. The van der Waals surface area contributed by atoms with Crippen LogP contribution in [-0.4, -0.2) is 15.8 Å². The molecule has 11 heavy (non-hydrogen) atoms. The first-order valence-electron chi connectivity index (χ1n) is 3.19. The van der Waals surface area contributed by atoms with Crippen molar-refractivity contribution in [1.82, 2.24) is 9.97 Å². The van der Waals surface area contributed by atoms with Crippen molar-refractivity contribution in [1.29, 1.82) is 0 Å². The van der Waals surface area contributed by atoms with Gasteiger partial charge in [0, 0.05) is 6.20 Å². The molecule has 0 aliphatic rings. The fourth-order valence-electron chi connectivity index (χ4n) is 0.743. The Kier molecular flexibility index (Phi) is 2.11. The first-order chi connectivity index (χ1) is 5.25. The Morgan fingerprint density at radius 3 is 3.00 bits per heavy atom. The third-order valence-corrected chi connectivity index (χ3v) is 1.36. The quantitative estimate of drug-likeness (QED) is 0.466. The minimum Gasteiger partial charge on any atom is -0.289 e. The van der Waals surface area contributed by atoms with Gasteiger partial charge in [-0.3, -0.25) is 4.79 Å². The summed E-state index contributed by atoms with van der Waals surface area (Å²) in [6, 6.07) is 0. The predicted octanol–water partition coefficient (Wildman–Crippen LogP) is 1.15. The van der Waals surface area contributed by atoms with Crippen molar-refractivity contribution in [3.8, 4) is 0 Å². The van der Waals surface area contributed by atoms with Crippen molar-refractivity contribution in [2.75, 3.05) is 0 Å². The van der Waals surface area contributed by atoms with E-state index in [4.69, 9.17) is 0 Å². The molecule has 3 heteroatoms. The van der Waals surface area contributed by atoms with Gasteiger partial charge in [0.05, 0.1) is 11.3 Å². The lowest BCUT2D eigenvalue weighted by Crippen LogP contribution is -1.99. The molecule has 0 spiro atoms. The number of aromatic nitrogens is 2. The van der Waals surface area contributed by atoms with Crippen molar-refractivity contribution >= 4 is 5.78 Å². The van der Waals surface area contributed by atoms with Gasteiger partial charge >= 0.3 is 0 Å². The highest BCUT2D eigenvalue weighted by atomic mass is 16.1. The molecule has 56 valence electrons. The minimum atomic E-state index is -0.136. The van der Waals surface area contributed by atoms with E-state index in [9.17, 15) is 4.79 Å². The van der Waals surface area contributed by atoms with Gasteiger partial charge in [0.25, 0.3) is 0 Å². The summed E-state index contributed by atoms with van der Waals surface area (Å²) in [6.07, 6.45) is 4.16. The van der Waals surface area contributed by atoms with E-state index in [1.54, 1.807) is 6.92 Å². The van der Waals surface area contributed by atoms with E-state index in [1.165, 1.54) is 18.6 Å². The molecule has 0 aliphatic carbocycles. The number of ketones is 1. The van der Waals surface area contributed by atoms with Crippen molar-refractivity contribution in [3.05, 3.63) is 36.4 Å². The summed E-state index contributed by atoms with van der Waals surface area (Å²) in [6.45, 7) is 5.14. The second kappa shape index (κ2) is 3.05. The molecule has 1 aromatic heterocycles. The number of rotatable bonds is 2. The van der Waals surface area contributed by atoms with Crippen LogP contribution in [0.4, 0.5) is 0 Å². The lowest BCUT2D eigenvalue weighted by molar-refractivity contribution is 0.104. The topological polar surface area (TPSA) is 42.9 Å². The maximum absolute atomic E-state index is 11.0. The highest BCUT2D eigenvalue weighted by Gasteiger charge is 2.04. The van der Waals surface area contributed by atoms with Gasteiger partial charge in [0.1, 0.15) is 6.33 Å². The molecule has 0 unspecified atom stereocenters. The highest BCUT2D eigenvalue weighted by molar-refractivity contribution is 6.04. The molecule has 1 rings (SSSR count).